The summed E-state index contributed by atoms with van der Waals surface area (Å²) in [7, 11) is 1.62. The topological polar surface area (TPSA) is 58.7 Å². The highest BCUT2D eigenvalue weighted by Gasteiger charge is 2.21. The van der Waals surface area contributed by atoms with E-state index in [4.69, 9.17) is 9.26 Å². The Labute approximate surface area is 88.6 Å². The van der Waals surface area contributed by atoms with E-state index in [1.807, 2.05) is 6.07 Å². The standard InChI is InChI=1S/C10H16N2O3/c1-14-7-10-4-8(11-15-10)5-12-3-2-9(13)6-12/h4,9,13H,2-3,5-7H2,1H3. The summed E-state index contributed by atoms with van der Waals surface area (Å²) < 4.78 is 10.0. The van der Waals surface area contributed by atoms with Crippen LogP contribution in [0.3, 0.4) is 0 Å². The number of aliphatic hydroxyl groups is 1. The number of rotatable bonds is 4. The summed E-state index contributed by atoms with van der Waals surface area (Å²) in [5.74, 6) is 0.743. The van der Waals surface area contributed by atoms with Gasteiger partial charge in [0, 0.05) is 32.8 Å². The number of nitrogens with zero attached hydrogens (tertiary/aromatic N) is 2. The van der Waals surface area contributed by atoms with Crippen molar-refractivity contribution >= 4 is 0 Å². The monoisotopic (exact) mass is 212 g/mol. The van der Waals surface area contributed by atoms with Crippen LogP contribution in [0.25, 0.3) is 0 Å². The predicted molar refractivity (Wildman–Crippen MR) is 53.1 cm³/mol. The molecule has 1 aromatic heterocycles. The zero-order valence-electron chi connectivity index (χ0n) is 8.85. The van der Waals surface area contributed by atoms with Gasteiger partial charge in [0.1, 0.15) is 6.61 Å². The molecule has 1 saturated heterocycles. The summed E-state index contributed by atoms with van der Waals surface area (Å²) in [5.41, 5.74) is 0.899. The maximum Gasteiger partial charge on any atom is 0.162 e. The average Bonchev–Trinajstić information content (AvgIpc) is 2.78. The average molecular weight is 212 g/mol. The highest BCUT2D eigenvalue weighted by molar-refractivity contribution is 5.04. The van der Waals surface area contributed by atoms with Gasteiger partial charge in [-0.25, -0.2) is 0 Å². The molecule has 15 heavy (non-hydrogen) atoms. The van der Waals surface area contributed by atoms with E-state index in [-0.39, 0.29) is 6.10 Å². The summed E-state index contributed by atoms with van der Waals surface area (Å²) in [6.45, 7) is 2.85. The zero-order chi connectivity index (χ0) is 10.7. The summed E-state index contributed by atoms with van der Waals surface area (Å²) in [6.07, 6.45) is 0.665. The minimum Gasteiger partial charge on any atom is -0.392 e. The molecular formula is C10H16N2O3. The van der Waals surface area contributed by atoms with E-state index in [1.54, 1.807) is 7.11 Å². The molecule has 5 nitrogen and oxygen atoms in total. The van der Waals surface area contributed by atoms with Crippen LogP contribution in [-0.4, -0.2) is 41.5 Å². The van der Waals surface area contributed by atoms with Crippen molar-refractivity contribution in [2.45, 2.75) is 25.7 Å². The molecule has 0 amide bonds. The van der Waals surface area contributed by atoms with Crippen molar-refractivity contribution in [3.63, 3.8) is 0 Å². The Bertz CT molecular complexity index is 313. The summed E-state index contributed by atoms with van der Waals surface area (Å²) in [6, 6.07) is 1.90. The molecular weight excluding hydrogens is 196 g/mol. The molecule has 2 heterocycles. The van der Waals surface area contributed by atoms with Crippen LogP contribution in [0.2, 0.25) is 0 Å². The molecule has 0 spiro atoms. The number of likely N-dealkylation sites (tertiary alicyclic amines) is 1. The third-order valence-corrected chi connectivity index (χ3v) is 2.53. The minimum absolute atomic E-state index is 0.185. The number of aromatic nitrogens is 1. The predicted octanol–water partition coefficient (Wildman–Crippen LogP) is 0.388. The van der Waals surface area contributed by atoms with Crippen LogP contribution >= 0.6 is 0 Å². The largest absolute Gasteiger partial charge is 0.392 e. The third-order valence-electron chi connectivity index (χ3n) is 2.53. The van der Waals surface area contributed by atoms with Gasteiger partial charge in [-0.05, 0) is 6.42 Å². The number of methoxy groups -OCH3 is 1. The lowest BCUT2D eigenvalue weighted by Gasteiger charge is -2.11. The lowest BCUT2D eigenvalue weighted by molar-refractivity contribution is 0.155. The van der Waals surface area contributed by atoms with Crippen LogP contribution < -0.4 is 0 Å². The van der Waals surface area contributed by atoms with Crippen molar-refractivity contribution in [2.24, 2.45) is 0 Å². The fourth-order valence-electron chi connectivity index (χ4n) is 1.83. The van der Waals surface area contributed by atoms with Gasteiger partial charge in [-0.2, -0.15) is 0 Å². The highest BCUT2D eigenvalue weighted by Crippen LogP contribution is 2.13. The smallest absolute Gasteiger partial charge is 0.162 e. The van der Waals surface area contributed by atoms with Gasteiger partial charge in [-0.1, -0.05) is 5.16 Å². The molecule has 2 rings (SSSR count). The quantitative estimate of drug-likeness (QED) is 0.782. The molecule has 5 heteroatoms. The van der Waals surface area contributed by atoms with Crippen LogP contribution in [0, 0.1) is 0 Å². The van der Waals surface area contributed by atoms with Gasteiger partial charge in [0.05, 0.1) is 11.8 Å². The molecule has 1 aromatic rings. The van der Waals surface area contributed by atoms with Gasteiger partial charge in [-0.15, -0.1) is 0 Å². The first kappa shape index (κ1) is 10.6. The second-order valence-corrected chi connectivity index (χ2v) is 3.90. The van der Waals surface area contributed by atoms with Crippen molar-refractivity contribution in [3.05, 3.63) is 17.5 Å². The first-order chi connectivity index (χ1) is 7.28. The Morgan fingerprint density at radius 1 is 1.73 bits per heavy atom. The van der Waals surface area contributed by atoms with Crippen LogP contribution in [-0.2, 0) is 17.9 Å². The number of ether oxygens (including phenoxy) is 1. The molecule has 0 saturated carbocycles. The van der Waals surface area contributed by atoms with Crippen molar-refractivity contribution in [1.82, 2.24) is 10.1 Å². The maximum atomic E-state index is 9.36. The fraction of sp³-hybridized carbons (Fsp3) is 0.700. The molecule has 1 fully saturated rings. The van der Waals surface area contributed by atoms with Crippen LogP contribution in [0.5, 0.6) is 0 Å². The molecule has 0 bridgehead atoms. The molecule has 0 radical (unpaired) electrons. The van der Waals surface area contributed by atoms with E-state index in [2.05, 4.69) is 10.1 Å². The highest BCUT2D eigenvalue weighted by atomic mass is 16.5. The van der Waals surface area contributed by atoms with Gasteiger partial charge in [0.15, 0.2) is 5.76 Å². The Balaban J connectivity index is 1.87. The van der Waals surface area contributed by atoms with Gasteiger partial charge < -0.3 is 14.4 Å². The lowest BCUT2D eigenvalue weighted by atomic mass is 10.3. The van der Waals surface area contributed by atoms with Gasteiger partial charge in [0.25, 0.3) is 0 Å². The summed E-state index contributed by atoms with van der Waals surface area (Å²) in [4.78, 5) is 2.17. The Kier molecular flexibility index (Phi) is 3.35. The Morgan fingerprint density at radius 3 is 3.27 bits per heavy atom. The van der Waals surface area contributed by atoms with Crippen molar-refractivity contribution < 1.29 is 14.4 Å². The van der Waals surface area contributed by atoms with Crippen molar-refractivity contribution in [3.8, 4) is 0 Å². The normalized spacial score (nSPS) is 22.4. The molecule has 0 aliphatic carbocycles. The lowest BCUT2D eigenvalue weighted by Crippen LogP contribution is -2.21. The number of hydrogen-bond donors (Lipinski definition) is 1. The molecule has 0 aromatic carbocycles. The van der Waals surface area contributed by atoms with E-state index in [0.29, 0.717) is 6.61 Å². The van der Waals surface area contributed by atoms with E-state index < -0.39 is 0 Å². The maximum absolute atomic E-state index is 9.36. The molecule has 1 aliphatic rings. The van der Waals surface area contributed by atoms with Crippen LogP contribution in [0.1, 0.15) is 17.9 Å². The Morgan fingerprint density at radius 2 is 2.60 bits per heavy atom. The van der Waals surface area contributed by atoms with Crippen LogP contribution in [0.15, 0.2) is 10.6 Å². The SMILES string of the molecule is COCc1cc(CN2CCC(O)C2)no1. The van der Waals surface area contributed by atoms with Crippen LogP contribution in [0.4, 0.5) is 0 Å². The fourth-order valence-corrected chi connectivity index (χ4v) is 1.83. The van der Waals surface area contributed by atoms with Crippen molar-refractivity contribution in [2.75, 3.05) is 20.2 Å². The van der Waals surface area contributed by atoms with Gasteiger partial charge >= 0.3 is 0 Å². The number of β-amino-alcohol motifs (C(OH)–C–C–N with tert-alkyl or cyclic N) is 1. The molecule has 1 N–H and O–H groups in total. The Hall–Kier alpha value is -0.910. The second-order valence-electron chi connectivity index (χ2n) is 3.90. The van der Waals surface area contributed by atoms with E-state index in [1.165, 1.54) is 0 Å². The second kappa shape index (κ2) is 4.74. The first-order valence-electron chi connectivity index (χ1n) is 5.12. The molecule has 1 aliphatic heterocycles. The zero-order valence-corrected chi connectivity index (χ0v) is 8.85. The summed E-state index contributed by atoms with van der Waals surface area (Å²) in [5, 5.41) is 13.3. The van der Waals surface area contributed by atoms with Gasteiger partial charge in [-0.3, -0.25) is 4.90 Å². The summed E-state index contributed by atoms with van der Waals surface area (Å²) >= 11 is 0. The number of hydrogen-bond acceptors (Lipinski definition) is 5. The number of aliphatic hydroxyl groups excluding tert-OH is 1. The third kappa shape index (κ3) is 2.77. The molecule has 1 unspecified atom stereocenters. The van der Waals surface area contributed by atoms with Crippen molar-refractivity contribution in [1.29, 1.82) is 0 Å². The minimum atomic E-state index is -0.185. The van der Waals surface area contributed by atoms with E-state index in [0.717, 1.165) is 37.5 Å². The van der Waals surface area contributed by atoms with Gasteiger partial charge in [0.2, 0.25) is 0 Å². The molecule has 1 atom stereocenters. The molecule has 84 valence electrons. The van der Waals surface area contributed by atoms with E-state index >= 15 is 0 Å². The first-order valence-corrected chi connectivity index (χ1v) is 5.12. The van der Waals surface area contributed by atoms with E-state index in [9.17, 15) is 5.11 Å².